The fourth-order valence-corrected chi connectivity index (χ4v) is 2.30. The predicted octanol–water partition coefficient (Wildman–Crippen LogP) is 3.30. The second-order valence-corrected chi connectivity index (χ2v) is 4.66. The molecule has 0 atom stereocenters. The molecule has 2 aromatic heterocycles. The lowest BCUT2D eigenvalue weighted by Crippen LogP contribution is -2.00. The van der Waals surface area contributed by atoms with E-state index in [0.29, 0.717) is 0 Å². The zero-order chi connectivity index (χ0) is 13.9. The molecular weight excluding hydrogens is 252 g/mol. The highest BCUT2D eigenvalue weighted by Crippen LogP contribution is 2.27. The third-order valence-electron chi connectivity index (χ3n) is 3.17. The van der Waals surface area contributed by atoms with Crippen LogP contribution in [0.25, 0.3) is 22.5 Å². The van der Waals surface area contributed by atoms with E-state index >= 15 is 0 Å². The van der Waals surface area contributed by atoms with Gasteiger partial charge >= 0.3 is 5.97 Å². The van der Waals surface area contributed by atoms with Crippen LogP contribution in [0.4, 0.5) is 0 Å². The Hall–Kier alpha value is -2.75. The molecule has 0 bridgehead atoms. The van der Waals surface area contributed by atoms with Gasteiger partial charge in [0.2, 0.25) is 0 Å². The highest BCUT2D eigenvalue weighted by molar-refractivity contribution is 5.75. The molecule has 0 saturated carbocycles. The van der Waals surface area contributed by atoms with E-state index in [1.807, 2.05) is 54.9 Å². The molecule has 0 aliphatic rings. The van der Waals surface area contributed by atoms with Gasteiger partial charge in [-0.1, -0.05) is 0 Å². The number of aromatic amines is 2. The molecular formula is C16H14N2O2. The number of H-pyrrole nitrogens is 2. The van der Waals surface area contributed by atoms with Gasteiger partial charge in [0.15, 0.2) is 0 Å². The van der Waals surface area contributed by atoms with Gasteiger partial charge in [-0.25, -0.2) is 0 Å². The smallest absolute Gasteiger partial charge is 0.307 e. The van der Waals surface area contributed by atoms with Crippen molar-refractivity contribution in [1.82, 2.24) is 9.97 Å². The molecule has 0 saturated heterocycles. The number of hydrogen-bond donors (Lipinski definition) is 3. The second kappa shape index (κ2) is 5.09. The first-order valence-corrected chi connectivity index (χ1v) is 6.35. The van der Waals surface area contributed by atoms with Crippen molar-refractivity contribution in [3.8, 4) is 22.5 Å². The molecule has 100 valence electrons. The van der Waals surface area contributed by atoms with Crippen LogP contribution in [0.5, 0.6) is 0 Å². The van der Waals surface area contributed by atoms with Gasteiger partial charge in [0.25, 0.3) is 0 Å². The maximum atomic E-state index is 10.9. The van der Waals surface area contributed by atoms with Crippen LogP contribution in [-0.4, -0.2) is 21.0 Å². The molecule has 0 amide bonds. The minimum atomic E-state index is -0.828. The predicted molar refractivity (Wildman–Crippen MR) is 77.4 cm³/mol. The summed E-state index contributed by atoms with van der Waals surface area (Å²) in [5.41, 5.74) is 4.71. The Morgan fingerprint density at radius 2 is 1.50 bits per heavy atom. The molecule has 1 aromatic carbocycles. The molecule has 3 aromatic rings. The van der Waals surface area contributed by atoms with Crippen LogP contribution in [-0.2, 0) is 11.2 Å². The summed E-state index contributed by atoms with van der Waals surface area (Å²) < 4.78 is 0. The Morgan fingerprint density at radius 3 is 1.90 bits per heavy atom. The fraction of sp³-hybridized carbons (Fsp3) is 0.0625. The summed E-state index contributed by atoms with van der Waals surface area (Å²) >= 11 is 0. The fourth-order valence-electron chi connectivity index (χ4n) is 2.30. The summed E-state index contributed by atoms with van der Waals surface area (Å²) in [7, 11) is 0. The zero-order valence-electron chi connectivity index (χ0n) is 10.8. The minimum absolute atomic E-state index is 0.0161. The molecule has 3 N–H and O–H groups in total. The summed E-state index contributed by atoms with van der Waals surface area (Å²) in [6.07, 6.45) is 3.73. The Balaban J connectivity index is 2.10. The molecule has 2 heterocycles. The summed E-state index contributed by atoms with van der Waals surface area (Å²) in [6, 6.07) is 13.7. The van der Waals surface area contributed by atoms with Crippen LogP contribution in [0, 0.1) is 0 Å². The van der Waals surface area contributed by atoms with Gasteiger partial charge < -0.3 is 15.1 Å². The first kappa shape index (κ1) is 12.3. The molecule has 0 spiro atoms. The molecule has 0 aliphatic carbocycles. The molecule has 4 heteroatoms. The Kier molecular flexibility index (Phi) is 3.13. The van der Waals surface area contributed by atoms with E-state index in [1.165, 1.54) is 0 Å². The van der Waals surface area contributed by atoms with Gasteiger partial charge in [-0.2, -0.15) is 0 Å². The average molecular weight is 266 g/mol. The van der Waals surface area contributed by atoms with Gasteiger partial charge in [0.1, 0.15) is 0 Å². The van der Waals surface area contributed by atoms with Crippen molar-refractivity contribution in [2.24, 2.45) is 0 Å². The van der Waals surface area contributed by atoms with Crippen molar-refractivity contribution in [3.05, 3.63) is 60.4 Å². The second-order valence-electron chi connectivity index (χ2n) is 4.66. The number of nitrogens with one attached hydrogen (secondary N) is 2. The highest BCUT2D eigenvalue weighted by Gasteiger charge is 2.08. The largest absolute Gasteiger partial charge is 0.481 e. The van der Waals surface area contributed by atoms with Gasteiger partial charge in [-0.3, -0.25) is 4.79 Å². The van der Waals surface area contributed by atoms with Crippen LogP contribution >= 0.6 is 0 Å². The Labute approximate surface area is 116 Å². The zero-order valence-corrected chi connectivity index (χ0v) is 10.8. The van der Waals surface area contributed by atoms with Gasteiger partial charge in [-0.15, -0.1) is 0 Å². The van der Waals surface area contributed by atoms with Crippen LogP contribution in [0.1, 0.15) is 5.56 Å². The van der Waals surface area contributed by atoms with Crippen molar-refractivity contribution in [1.29, 1.82) is 0 Å². The lowest BCUT2D eigenvalue weighted by molar-refractivity contribution is -0.136. The topological polar surface area (TPSA) is 68.9 Å². The van der Waals surface area contributed by atoms with Gasteiger partial charge in [0, 0.05) is 23.8 Å². The van der Waals surface area contributed by atoms with E-state index in [1.54, 1.807) is 0 Å². The number of benzene rings is 1. The average Bonchev–Trinajstić information content (AvgIpc) is 3.11. The van der Waals surface area contributed by atoms with Crippen LogP contribution < -0.4 is 0 Å². The van der Waals surface area contributed by atoms with Gasteiger partial charge in [0.05, 0.1) is 6.42 Å². The van der Waals surface area contributed by atoms with E-state index in [4.69, 9.17) is 5.11 Å². The van der Waals surface area contributed by atoms with Crippen molar-refractivity contribution in [3.63, 3.8) is 0 Å². The number of aromatic nitrogens is 2. The van der Waals surface area contributed by atoms with E-state index in [2.05, 4.69) is 9.97 Å². The number of carboxylic acid groups (broad SMARTS) is 1. The SMILES string of the molecule is O=C(O)Cc1cc(-c2ccc[nH]2)cc(-c2ccc[nH]2)c1. The standard InChI is InChI=1S/C16H14N2O2/c19-16(20)9-11-7-12(14-3-1-5-17-14)10-13(8-11)15-4-2-6-18-15/h1-8,10,17-18H,9H2,(H,19,20). The summed E-state index contributed by atoms with van der Waals surface area (Å²) in [5.74, 6) is -0.828. The van der Waals surface area contributed by atoms with E-state index in [-0.39, 0.29) is 6.42 Å². The maximum Gasteiger partial charge on any atom is 0.307 e. The Morgan fingerprint density at radius 1 is 0.950 bits per heavy atom. The lowest BCUT2D eigenvalue weighted by atomic mass is 10.00. The number of hydrogen-bond acceptors (Lipinski definition) is 1. The quantitative estimate of drug-likeness (QED) is 0.678. The maximum absolute atomic E-state index is 10.9. The Bertz CT molecular complexity index is 661. The summed E-state index contributed by atoms with van der Waals surface area (Å²) in [4.78, 5) is 17.2. The van der Waals surface area contributed by atoms with Crippen molar-refractivity contribution >= 4 is 5.97 Å². The summed E-state index contributed by atoms with van der Waals surface area (Å²) in [5, 5.41) is 8.99. The van der Waals surface area contributed by atoms with Crippen LogP contribution in [0.3, 0.4) is 0 Å². The highest BCUT2D eigenvalue weighted by atomic mass is 16.4. The van der Waals surface area contributed by atoms with Crippen molar-refractivity contribution in [2.45, 2.75) is 6.42 Å². The number of carboxylic acids is 1. The monoisotopic (exact) mass is 266 g/mol. The van der Waals surface area contributed by atoms with Crippen LogP contribution in [0.15, 0.2) is 54.9 Å². The molecule has 0 aliphatic heterocycles. The molecule has 3 rings (SSSR count). The van der Waals surface area contributed by atoms with Gasteiger partial charge in [-0.05, 0) is 59.2 Å². The van der Waals surface area contributed by atoms with E-state index in [9.17, 15) is 4.79 Å². The number of carbonyl (C=O) groups is 1. The minimum Gasteiger partial charge on any atom is -0.481 e. The first-order valence-electron chi connectivity index (χ1n) is 6.35. The lowest BCUT2D eigenvalue weighted by Gasteiger charge is -2.07. The molecule has 0 unspecified atom stereocenters. The van der Waals surface area contributed by atoms with E-state index in [0.717, 1.165) is 28.1 Å². The molecule has 20 heavy (non-hydrogen) atoms. The van der Waals surface area contributed by atoms with E-state index < -0.39 is 5.97 Å². The van der Waals surface area contributed by atoms with Crippen molar-refractivity contribution in [2.75, 3.05) is 0 Å². The first-order chi connectivity index (χ1) is 9.72. The summed E-state index contributed by atoms with van der Waals surface area (Å²) in [6.45, 7) is 0. The molecule has 0 fully saturated rings. The number of rotatable bonds is 4. The third-order valence-corrected chi connectivity index (χ3v) is 3.17. The molecule has 0 radical (unpaired) electrons. The third kappa shape index (κ3) is 2.49. The molecule has 4 nitrogen and oxygen atoms in total. The number of aliphatic carboxylic acids is 1. The van der Waals surface area contributed by atoms with Crippen LogP contribution in [0.2, 0.25) is 0 Å². The normalized spacial score (nSPS) is 10.6. The van der Waals surface area contributed by atoms with Crippen molar-refractivity contribution < 1.29 is 9.90 Å².